The van der Waals surface area contributed by atoms with E-state index in [0.29, 0.717) is 29.4 Å². The van der Waals surface area contributed by atoms with Gasteiger partial charge >= 0.3 is 0 Å². The van der Waals surface area contributed by atoms with Crippen molar-refractivity contribution >= 4 is 6.29 Å². The fraction of sp³-hybridized carbons (Fsp3) is 0.231. The number of ether oxygens (including phenoxy) is 2. The molecule has 2 rings (SSSR count). The van der Waals surface area contributed by atoms with Crippen molar-refractivity contribution in [3.63, 3.8) is 0 Å². The minimum Gasteiger partial charge on any atom is -0.493 e. The lowest BCUT2D eigenvalue weighted by atomic mass is 10.1. The van der Waals surface area contributed by atoms with Crippen LogP contribution >= 0.6 is 0 Å². The fourth-order valence-corrected chi connectivity index (χ4v) is 1.71. The SMILES string of the molecule is COc1ccc(-c2nc(C)oc2C=O)cc1OC. The third-order valence-electron chi connectivity index (χ3n) is 2.52. The first-order valence-electron chi connectivity index (χ1n) is 5.34. The number of carbonyl (C=O) groups excluding carboxylic acids is 1. The molecule has 5 heteroatoms. The zero-order valence-electron chi connectivity index (χ0n) is 10.4. The average molecular weight is 247 g/mol. The van der Waals surface area contributed by atoms with Crippen molar-refractivity contribution < 1.29 is 18.7 Å². The molecule has 1 aromatic carbocycles. The highest BCUT2D eigenvalue weighted by molar-refractivity contribution is 5.82. The van der Waals surface area contributed by atoms with Crippen molar-refractivity contribution in [3.05, 3.63) is 29.9 Å². The Labute approximate surface area is 104 Å². The van der Waals surface area contributed by atoms with Crippen LogP contribution in [0.5, 0.6) is 11.5 Å². The molecule has 0 aliphatic rings. The standard InChI is InChI=1S/C13H13NO4/c1-8-14-13(12(7-15)18-8)9-4-5-10(16-2)11(6-9)17-3/h4-7H,1-3H3. The second-order valence-corrected chi connectivity index (χ2v) is 3.63. The molecule has 1 heterocycles. The molecule has 0 spiro atoms. The van der Waals surface area contributed by atoms with Crippen molar-refractivity contribution in [1.82, 2.24) is 4.98 Å². The van der Waals surface area contributed by atoms with Crippen molar-refractivity contribution in [2.45, 2.75) is 6.92 Å². The number of methoxy groups -OCH3 is 2. The molecule has 0 aliphatic heterocycles. The first-order chi connectivity index (χ1) is 8.69. The van der Waals surface area contributed by atoms with E-state index in [1.807, 2.05) is 0 Å². The molecule has 0 atom stereocenters. The summed E-state index contributed by atoms with van der Waals surface area (Å²) in [6.45, 7) is 1.69. The smallest absolute Gasteiger partial charge is 0.195 e. The average Bonchev–Trinajstić information content (AvgIpc) is 2.79. The molecule has 0 fully saturated rings. The molecule has 0 radical (unpaired) electrons. The number of hydrogen-bond donors (Lipinski definition) is 0. The van der Waals surface area contributed by atoms with Crippen LogP contribution in [-0.2, 0) is 0 Å². The summed E-state index contributed by atoms with van der Waals surface area (Å²) in [5.41, 5.74) is 1.25. The molecule has 0 unspecified atom stereocenters. The molecule has 0 aliphatic carbocycles. The molecule has 2 aromatic rings. The van der Waals surface area contributed by atoms with Gasteiger partial charge in [0.05, 0.1) is 14.2 Å². The third-order valence-corrected chi connectivity index (χ3v) is 2.52. The maximum Gasteiger partial charge on any atom is 0.195 e. The number of rotatable bonds is 4. The Morgan fingerprint density at radius 1 is 1.22 bits per heavy atom. The van der Waals surface area contributed by atoms with Crippen LogP contribution in [0.2, 0.25) is 0 Å². The van der Waals surface area contributed by atoms with Gasteiger partial charge in [0.2, 0.25) is 0 Å². The van der Waals surface area contributed by atoms with Gasteiger partial charge in [0, 0.05) is 12.5 Å². The molecule has 0 bridgehead atoms. The maximum atomic E-state index is 10.9. The molecular formula is C13H13NO4. The van der Waals surface area contributed by atoms with Gasteiger partial charge in [-0.2, -0.15) is 0 Å². The van der Waals surface area contributed by atoms with Crippen LogP contribution < -0.4 is 9.47 Å². The Hall–Kier alpha value is -2.30. The Kier molecular flexibility index (Phi) is 3.32. The summed E-state index contributed by atoms with van der Waals surface area (Å²) < 4.78 is 15.6. The number of hydrogen-bond acceptors (Lipinski definition) is 5. The molecular weight excluding hydrogens is 234 g/mol. The Morgan fingerprint density at radius 2 is 1.94 bits per heavy atom. The summed E-state index contributed by atoms with van der Waals surface area (Å²) in [7, 11) is 3.12. The lowest BCUT2D eigenvalue weighted by molar-refractivity contribution is 0.110. The van der Waals surface area contributed by atoms with Gasteiger partial charge in [-0.1, -0.05) is 0 Å². The second kappa shape index (κ2) is 4.91. The molecule has 0 N–H and O–H groups in total. The van der Waals surface area contributed by atoms with E-state index in [4.69, 9.17) is 13.9 Å². The molecule has 0 saturated carbocycles. The maximum absolute atomic E-state index is 10.9. The number of benzene rings is 1. The van der Waals surface area contributed by atoms with E-state index in [1.54, 1.807) is 39.3 Å². The van der Waals surface area contributed by atoms with Gasteiger partial charge in [-0.15, -0.1) is 0 Å². The van der Waals surface area contributed by atoms with Crippen molar-refractivity contribution in [3.8, 4) is 22.8 Å². The van der Waals surface area contributed by atoms with Crippen LogP contribution in [0.25, 0.3) is 11.3 Å². The fourth-order valence-electron chi connectivity index (χ4n) is 1.71. The number of carbonyl (C=O) groups is 1. The van der Waals surface area contributed by atoms with E-state index >= 15 is 0 Å². The largest absolute Gasteiger partial charge is 0.493 e. The quantitative estimate of drug-likeness (QED) is 0.777. The first-order valence-corrected chi connectivity index (χ1v) is 5.34. The van der Waals surface area contributed by atoms with Gasteiger partial charge in [0.15, 0.2) is 29.4 Å². The highest BCUT2D eigenvalue weighted by atomic mass is 16.5. The van der Waals surface area contributed by atoms with Gasteiger partial charge in [0.1, 0.15) is 5.69 Å². The minimum atomic E-state index is 0.208. The van der Waals surface area contributed by atoms with Crippen molar-refractivity contribution in [1.29, 1.82) is 0 Å². The Morgan fingerprint density at radius 3 is 2.56 bits per heavy atom. The van der Waals surface area contributed by atoms with Crippen LogP contribution in [-0.4, -0.2) is 25.5 Å². The molecule has 1 aromatic heterocycles. The van der Waals surface area contributed by atoms with Gasteiger partial charge in [0.25, 0.3) is 0 Å². The van der Waals surface area contributed by atoms with Gasteiger partial charge < -0.3 is 13.9 Å². The summed E-state index contributed by atoms with van der Waals surface area (Å²) >= 11 is 0. The monoisotopic (exact) mass is 247 g/mol. The second-order valence-electron chi connectivity index (χ2n) is 3.63. The lowest BCUT2D eigenvalue weighted by Crippen LogP contribution is -1.92. The van der Waals surface area contributed by atoms with E-state index in [1.165, 1.54) is 0 Å². The molecule has 0 amide bonds. The Balaban J connectivity index is 2.53. The predicted molar refractivity (Wildman–Crippen MR) is 65.2 cm³/mol. The molecule has 5 nitrogen and oxygen atoms in total. The summed E-state index contributed by atoms with van der Waals surface area (Å²) in [4.78, 5) is 15.1. The van der Waals surface area contributed by atoms with E-state index in [9.17, 15) is 4.79 Å². The lowest BCUT2D eigenvalue weighted by Gasteiger charge is -2.08. The topological polar surface area (TPSA) is 61.6 Å². The van der Waals surface area contributed by atoms with E-state index < -0.39 is 0 Å². The van der Waals surface area contributed by atoms with Gasteiger partial charge in [-0.05, 0) is 18.2 Å². The molecule has 18 heavy (non-hydrogen) atoms. The number of aromatic nitrogens is 1. The van der Waals surface area contributed by atoms with Crippen LogP contribution in [0, 0.1) is 6.92 Å². The van der Waals surface area contributed by atoms with E-state index in [-0.39, 0.29) is 5.76 Å². The molecule has 94 valence electrons. The van der Waals surface area contributed by atoms with Crippen LogP contribution in [0.4, 0.5) is 0 Å². The summed E-state index contributed by atoms with van der Waals surface area (Å²) in [6.07, 6.45) is 0.645. The van der Waals surface area contributed by atoms with Crippen LogP contribution in [0.1, 0.15) is 16.4 Å². The minimum absolute atomic E-state index is 0.208. The molecule has 0 saturated heterocycles. The van der Waals surface area contributed by atoms with Crippen molar-refractivity contribution in [2.75, 3.05) is 14.2 Å². The Bertz CT molecular complexity index is 574. The highest BCUT2D eigenvalue weighted by Crippen LogP contribution is 2.33. The highest BCUT2D eigenvalue weighted by Gasteiger charge is 2.14. The van der Waals surface area contributed by atoms with Crippen LogP contribution in [0.15, 0.2) is 22.6 Å². The van der Waals surface area contributed by atoms with Crippen LogP contribution in [0.3, 0.4) is 0 Å². The predicted octanol–water partition coefficient (Wildman–Crippen LogP) is 2.48. The zero-order valence-corrected chi connectivity index (χ0v) is 10.4. The van der Waals surface area contributed by atoms with Gasteiger partial charge in [-0.25, -0.2) is 4.98 Å². The number of aldehydes is 1. The number of aryl methyl sites for hydroxylation is 1. The summed E-state index contributed by atoms with van der Waals surface area (Å²) in [6, 6.07) is 5.31. The van der Waals surface area contributed by atoms with E-state index in [0.717, 1.165) is 5.56 Å². The van der Waals surface area contributed by atoms with Gasteiger partial charge in [-0.3, -0.25) is 4.79 Å². The van der Waals surface area contributed by atoms with Crippen molar-refractivity contribution in [2.24, 2.45) is 0 Å². The normalized spacial score (nSPS) is 10.2. The number of oxazole rings is 1. The van der Waals surface area contributed by atoms with E-state index in [2.05, 4.69) is 4.98 Å². The third kappa shape index (κ3) is 2.07. The first kappa shape index (κ1) is 12.2. The summed E-state index contributed by atoms with van der Waals surface area (Å²) in [5.74, 6) is 1.85. The number of nitrogens with zero attached hydrogens (tertiary/aromatic N) is 1. The summed E-state index contributed by atoms with van der Waals surface area (Å²) in [5, 5.41) is 0. The zero-order chi connectivity index (χ0) is 13.1.